The van der Waals surface area contributed by atoms with Gasteiger partial charge in [0.1, 0.15) is 10.8 Å². The first-order chi connectivity index (χ1) is 9.06. The predicted molar refractivity (Wildman–Crippen MR) is 72.2 cm³/mol. The fourth-order valence-electron chi connectivity index (χ4n) is 1.45. The van der Waals surface area contributed by atoms with Crippen LogP contribution in [0.3, 0.4) is 0 Å². The fraction of sp³-hybridized carbons (Fsp3) is 0. The molecule has 0 unspecified atom stereocenters. The van der Waals surface area contributed by atoms with E-state index >= 15 is 0 Å². The van der Waals surface area contributed by atoms with Crippen molar-refractivity contribution in [2.24, 2.45) is 5.73 Å². The summed E-state index contributed by atoms with van der Waals surface area (Å²) in [5, 5.41) is 2.89. The highest BCUT2D eigenvalue weighted by Crippen LogP contribution is 2.11. The van der Waals surface area contributed by atoms with Crippen molar-refractivity contribution in [2.75, 3.05) is 5.32 Å². The van der Waals surface area contributed by atoms with Crippen LogP contribution < -0.4 is 11.1 Å². The molecule has 6 heteroatoms. The van der Waals surface area contributed by atoms with Crippen molar-refractivity contribution in [1.82, 2.24) is 4.98 Å². The van der Waals surface area contributed by atoms with Crippen LogP contribution in [0.15, 0.2) is 42.5 Å². The van der Waals surface area contributed by atoms with E-state index in [-0.39, 0.29) is 16.8 Å². The highest BCUT2D eigenvalue weighted by Gasteiger charge is 2.08. The third kappa shape index (κ3) is 3.29. The SMILES string of the molecule is NC(=O)c1ccc(NC(=O)c2cccc(Cl)n2)cc1. The number of carbonyl (C=O) groups is 2. The number of primary amides is 1. The van der Waals surface area contributed by atoms with E-state index in [1.165, 1.54) is 12.1 Å². The van der Waals surface area contributed by atoms with E-state index in [0.717, 1.165) is 0 Å². The number of pyridine rings is 1. The zero-order chi connectivity index (χ0) is 13.8. The van der Waals surface area contributed by atoms with E-state index < -0.39 is 5.91 Å². The van der Waals surface area contributed by atoms with E-state index in [4.69, 9.17) is 17.3 Å². The number of nitrogens with zero attached hydrogens (tertiary/aromatic N) is 1. The zero-order valence-electron chi connectivity index (χ0n) is 9.76. The summed E-state index contributed by atoms with van der Waals surface area (Å²) in [4.78, 5) is 26.7. The van der Waals surface area contributed by atoms with Gasteiger partial charge >= 0.3 is 0 Å². The van der Waals surface area contributed by atoms with Crippen LogP contribution in [-0.2, 0) is 0 Å². The monoisotopic (exact) mass is 275 g/mol. The van der Waals surface area contributed by atoms with E-state index in [1.54, 1.807) is 30.3 Å². The van der Waals surface area contributed by atoms with Crippen molar-refractivity contribution in [3.8, 4) is 0 Å². The highest BCUT2D eigenvalue weighted by atomic mass is 35.5. The summed E-state index contributed by atoms with van der Waals surface area (Å²) in [7, 11) is 0. The van der Waals surface area contributed by atoms with Gasteiger partial charge in [0.25, 0.3) is 5.91 Å². The molecule has 0 aliphatic carbocycles. The minimum Gasteiger partial charge on any atom is -0.366 e. The Bertz CT molecular complexity index is 626. The maximum absolute atomic E-state index is 11.9. The van der Waals surface area contributed by atoms with E-state index in [2.05, 4.69) is 10.3 Å². The molecule has 2 aromatic rings. The summed E-state index contributed by atoms with van der Waals surface area (Å²) < 4.78 is 0. The first-order valence-corrected chi connectivity index (χ1v) is 5.78. The van der Waals surface area contributed by atoms with Crippen molar-refractivity contribution in [2.45, 2.75) is 0 Å². The van der Waals surface area contributed by atoms with Crippen LogP contribution in [0.25, 0.3) is 0 Å². The van der Waals surface area contributed by atoms with Crippen LogP contribution in [0, 0.1) is 0 Å². The third-order valence-electron chi connectivity index (χ3n) is 2.38. The van der Waals surface area contributed by atoms with Crippen LogP contribution in [0.4, 0.5) is 5.69 Å². The molecule has 1 heterocycles. The van der Waals surface area contributed by atoms with Gasteiger partial charge in [-0.2, -0.15) is 0 Å². The van der Waals surface area contributed by atoms with E-state index in [9.17, 15) is 9.59 Å². The smallest absolute Gasteiger partial charge is 0.274 e. The van der Waals surface area contributed by atoms with Crippen molar-refractivity contribution in [3.05, 3.63) is 58.9 Å². The maximum Gasteiger partial charge on any atom is 0.274 e. The molecule has 0 aliphatic heterocycles. The Kier molecular flexibility index (Phi) is 3.77. The predicted octanol–water partition coefficient (Wildman–Crippen LogP) is 2.09. The maximum atomic E-state index is 11.9. The van der Waals surface area contributed by atoms with Gasteiger partial charge in [-0.25, -0.2) is 4.98 Å². The quantitative estimate of drug-likeness (QED) is 0.841. The van der Waals surface area contributed by atoms with Gasteiger partial charge in [-0.05, 0) is 36.4 Å². The summed E-state index contributed by atoms with van der Waals surface area (Å²) >= 11 is 5.71. The van der Waals surface area contributed by atoms with Crippen molar-refractivity contribution in [3.63, 3.8) is 0 Å². The summed E-state index contributed by atoms with van der Waals surface area (Å²) in [5.74, 6) is -0.899. The summed E-state index contributed by atoms with van der Waals surface area (Å²) in [6.45, 7) is 0. The molecular formula is C13H10ClN3O2. The molecule has 0 radical (unpaired) electrons. The van der Waals surface area contributed by atoms with Crippen LogP contribution in [0.1, 0.15) is 20.8 Å². The largest absolute Gasteiger partial charge is 0.366 e. The molecule has 1 aromatic carbocycles. The Morgan fingerprint density at radius 1 is 1.11 bits per heavy atom. The van der Waals surface area contributed by atoms with Crippen LogP contribution in [-0.4, -0.2) is 16.8 Å². The molecule has 2 rings (SSSR count). The van der Waals surface area contributed by atoms with Gasteiger partial charge in [-0.15, -0.1) is 0 Å². The summed E-state index contributed by atoms with van der Waals surface area (Å²) in [6.07, 6.45) is 0. The summed E-state index contributed by atoms with van der Waals surface area (Å²) in [6, 6.07) is 11.0. The molecule has 0 atom stereocenters. The van der Waals surface area contributed by atoms with Crippen LogP contribution in [0.5, 0.6) is 0 Å². The number of hydrogen-bond acceptors (Lipinski definition) is 3. The minimum atomic E-state index is -0.519. The number of nitrogens with one attached hydrogen (secondary N) is 1. The lowest BCUT2D eigenvalue weighted by atomic mass is 10.2. The van der Waals surface area contributed by atoms with Gasteiger partial charge in [0.15, 0.2) is 0 Å². The Morgan fingerprint density at radius 3 is 2.37 bits per heavy atom. The zero-order valence-corrected chi connectivity index (χ0v) is 10.5. The number of halogens is 1. The Morgan fingerprint density at radius 2 is 1.79 bits per heavy atom. The molecule has 0 aliphatic rings. The molecule has 96 valence electrons. The number of carbonyl (C=O) groups excluding carboxylic acids is 2. The molecule has 1 aromatic heterocycles. The van der Waals surface area contributed by atoms with Crippen molar-refractivity contribution in [1.29, 1.82) is 0 Å². The second-order valence-electron chi connectivity index (χ2n) is 3.74. The number of rotatable bonds is 3. The summed E-state index contributed by atoms with van der Waals surface area (Å²) in [5.41, 5.74) is 6.25. The number of benzene rings is 1. The van der Waals surface area contributed by atoms with Gasteiger partial charge in [0, 0.05) is 11.3 Å². The number of nitrogens with two attached hydrogens (primary N) is 1. The topological polar surface area (TPSA) is 85.1 Å². The number of hydrogen-bond donors (Lipinski definition) is 2. The number of anilines is 1. The molecule has 0 bridgehead atoms. The Labute approximate surface area is 114 Å². The van der Waals surface area contributed by atoms with E-state index in [1.807, 2.05) is 0 Å². The number of amides is 2. The Balaban J connectivity index is 2.13. The fourth-order valence-corrected chi connectivity index (χ4v) is 1.61. The first kappa shape index (κ1) is 13.0. The molecule has 3 N–H and O–H groups in total. The molecule has 19 heavy (non-hydrogen) atoms. The lowest BCUT2D eigenvalue weighted by Crippen LogP contribution is -2.14. The molecular weight excluding hydrogens is 266 g/mol. The second-order valence-corrected chi connectivity index (χ2v) is 4.13. The lowest BCUT2D eigenvalue weighted by molar-refractivity contribution is 0.0998. The van der Waals surface area contributed by atoms with Crippen molar-refractivity contribution >= 4 is 29.1 Å². The first-order valence-electron chi connectivity index (χ1n) is 5.40. The van der Waals surface area contributed by atoms with Crippen LogP contribution in [0.2, 0.25) is 5.15 Å². The molecule has 0 saturated heterocycles. The highest BCUT2D eigenvalue weighted by molar-refractivity contribution is 6.29. The Hall–Kier alpha value is -2.40. The van der Waals surface area contributed by atoms with Gasteiger partial charge in [0.2, 0.25) is 5.91 Å². The number of aromatic nitrogens is 1. The molecule has 5 nitrogen and oxygen atoms in total. The molecule has 0 fully saturated rings. The van der Waals surface area contributed by atoms with Gasteiger partial charge in [0.05, 0.1) is 0 Å². The second kappa shape index (κ2) is 5.49. The molecule has 2 amide bonds. The third-order valence-corrected chi connectivity index (χ3v) is 2.59. The average molecular weight is 276 g/mol. The van der Waals surface area contributed by atoms with E-state index in [0.29, 0.717) is 11.3 Å². The molecule has 0 saturated carbocycles. The van der Waals surface area contributed by atoms with Gasteiger partial charge in [-0.1, -0.05) is 17.7 Å². The van der Waals surface area contributed by atoms with Gasteiger partial charge < -0.3 is 11.1 Å². The van der Waals surface area contributed by atoms with Gasteiger partial charge in [-0.3, -0.25) is 9.59 Å². The standard InChI is InChI=1S/C13H10ClN3O2/c14-11-3-1-2-10(17-11)13(19)16-9-6-4-8(5-7-9)12(15)18/h1-7H,(H2,15,18)(H,16,19). The average Bonchev–Trinajstić information content (AvgIpc) is 2.39. The molecule has 0 spiro atoms. The lowest BCUT2D eigenvalue weighted by Gasteiger charge is -2.05. The van der Waals surface area contributed by atoms with Crippen molar-refractivity contribution < 1.29 is 9.59 Å². The normalized spacial score (nSPS) is 9.95. The minimum absolute atomic E-state index is 0.214. The van der Waals surface area contributed by atoms with Crippen LogP contribution >= 0.6 is 11.6 Å².